The van der Waals surface area contributed by atoms with Gasteiger partial charge in [-0.2, -0.15) is 0 Å². The van der Waals surface area contributed by atoms with Gasteiger partial charge in [-0.1, -0.05) is 119 Å². The molecule has 2 saturated heterocycles. The number of halogens is 2. The molecule has 0 saturated carbocycles. The number of nitrogens with zero attached hydrogens (tertiary/aromatic N) is 8. The van der Waals surface area contributed by atoms with Gasteiger partial charge in [-0.25, -0.2) is 9.67 Å². The summed E-state index contributed by atoms with van der Waals surface area (Å²) in [6.07, 6.45) is 0.709. The maximum absolute atomic E-state index is 14.0. The number of piperazine rings is 1. The molecule has 0 spiro atoms. The number of thiazole rings is 1. The van der Waals surface area contributed by atoms with Crippen LogP contribution in [0.25, 0.3) is 10.4 Å². The van der Waals surface area contributed by atoms with Crippen LogP contribution in [-0.4, -0.2) is 198 Å². The van der Waals surface area contributed by atoms with Gasteiger partial charge in [0.25, 0.3) is 0 Å². The zero-order valence-corrected chi connectivity index (χ0v) is 54.6. The first kappa shape index (κ1) is 69.8. The molecule has 2 aromatic heterocycles. The molecule has 21 nitrogen and oxygen atoms in total. The number of ether oxygens (including phenoxy) is 6. The van der Waals surface area contributed by atoms with Gasteiger partial charge in [0, 0.05) is 80.9 Å². The van der Waals surface area contributed by atoms with E-state index in [-0.39, 0.29) is 63.9 Å². The molecular weight excluding hydrogens is 1190 g/mol. The summed E-state index contributed by atoms with van der Waals surface area (Å²) in [5, 5.41) is 25.9. The van der Waals surface area contributed by atoms with Crippen LogP contribution in [0.15, 0.2) is 78.4 Å². The van der Waals surface area contributed by atoms with Crippen molar-refractivity contribution >= 4 is 58.2 Å². The van der Waals surface area contributed by atoms with Gasteiger partial charge in [0.2, 0.25) is 23.6 Å². The van der Waals surface area contributed by atoms with Crippen molar-refractivity contribution in [3.8, 4) is 16.2 Å². The lowest BCUT2D eigenvalue weighted by atomic mass is 9.85. The first-order valence-corrected chi connectivity index (χ1v) is 32.1. The smallest absolute Gasteiger partial charge is 0.246 e. The Labute approximate surface area is 532 Å². The van der Waals surface area contributed by atoms with E-state index in [1.54, 1.807) is 22.1 Å². The van der Waals surface area contributed by atoms with E-state index in [0.29, 0.717) is 106 Å². The van der Waals surface area contributed by atoms with Crippen molar-refractivity contribution < 1.29 is 52.7 Å². The van der Waals surface area contributed by atoms with Crippen molar-refractivity contribution in [1.82, 2.24) is 50.2 Å². The van der Waals surface area contributed by atoms with Crippen LogP contribution in [-0.2, 0) is 69.2 Å². The summed E-state index contributed by atoms with van der Waals surface area (Å²) in [5.74, 6) is 0.535. The minimum absolute atomic E-state index is 0.0234. The Bertz CT molecular complexity index is 2950. The minimum Gasteiger partial charge on any atom is -0.487 e. The number of amides is 4. The van der Waals surface area contributed by atoms with Crippen LogP contribution in [0, 0.1) is 24.2 Å². The number of hydrogen-bond acceptors (Lipinski definition) is 17. The van der Waals surface area contributed by atoms with Crippen molar-refractivity contribution in [1.29, 1.82) is 0 Å². The number of nitrogens with one attached hydrogen (secondary N) is 2. The third-order valence-electron chi connectivity index (χ3n) is 14.9. The number of benzene rings is 3. The molecule has 3 N–H and O–H groups in total. The van der Waals surface area contributed by atoms with E-state index >= 15 is 0 Å². The molecule has 24 heteroatoms. The summed E-state index contributed by atoms with van der Waals surface area (Å²) in [7, 11) is 0. The highest BCUT2D eigenvalue weighted by molar-refractivity contribution is 7.13. The van der Waals surface area contributed by atoms with Crippen LogP contribution >= 0.6 is 34.5 Å². The van der Waals surface area contributed by atoms with Crippen LogP contribution in [0.3, 0.4) is 0 Å². The number of likely N-dealkylation sites (tertiary alicyclic amines) is 1. The van der Waals surface area contributed by atoms with E-state index in [1.807, 2.05) is 105 Å². The highest BCUT2D eigenvalue weighted by atomic mass is 35.5. The van der Waals surface area contributed by atoms with Crippen molar-refractivity contribution in [3.05, 3.63) is 117 Å². The Morgan fingerprint density at radius 1 is 0.818 bits per heavy atom. The lowest BCUT2D eigenvalue weighted by Crippen LogP contribution is -2.58. The van der Waals surface area contributed by atoms with Crippen LogP contribution < -0.4 is 15.4 Å². The quantitative estimate of drug-likeness (QED) is 0.0334. The van der Waals surface area contributed by atoms with E-state index in [1.165, 1.54) is 4.90 Å². The molecule has 88 heavy (non-hydrogen) atoms. The predicted octanol–water partition coefficient (Wildman–Crippen LogP) is 7.49. The molecule has 0 aliphatic carbocycles. The van der Waals surface area contributed by atoms with Gasteiger partial charge in [-0.15, -0.1) is 16.4 Å². The first-order chi connectivity index (χ1) is 42.2. The molecule has 4 heterocycles. The van der Waals surface area contributed by atoms with E-state index in [4.69, 9.17) is 51.6 Å². The molecule has 1 unspecified atom stereocenters. The van der Waals surface area contributed by atoms with Gasteiger partial charge >= 0.3 is 0 Å². The molecule has 2 aliphatic heterocycles. The molecule has 2 aliphatic rings. The van der Waals surface area contributed by atoms with Crippen molar-refractivity contribution in [2.75, 3.05) is 112 Å². The summed E-state index contributed by atoms with van der Waals surface area (Å²) in [6, 6.07) is 19.2. The Balaban J connectivity index is 0.718. The molecule has 4 amide bonds. The van der Waals surface area contributed by atoms with E-state index in [9.17, 15) is 24.3 Å². The van der Waals surface area contributed by atoms with Crippen LogP contribution in [0.4, 0.5) is 0 Å². The van der Waals surface area contributed by atoms with E-state index in [2.05, 4.69) is 63.4 Å². The second-order valence-corrected chi connectivity index (χ2v) is 26.1. The number of carbonyl (C=O) groups is 4. The molecule has 4 atom stereocenters. The lowest BCUT2D eigenvalue weighted by Gasteiger charge is -2.37. The summed E-state index contributed by atoms with van der Waals surface area (Å²) >= 11 is 14.6. The Morgan fingerprint density at radius 3 is 2.09 bits per heavy atom. The maximum atomic E-state index is 14.0. The fourth-order valence-electron chi connectivity index (χ4n) is 10.5. The minimum atomic E-state index is -0.975. The van der Waals surface area contributed by atoms with Crippen molar-refractivity contribution in [3.63, 3.8) is 0 Å². The first-order valence-electron chi connectivity index (χ1n) is 30.4. The molecular formula is C64H90Cl2N10O11S. The fourth-order valence-corrected chi connectivity index (χ4v) is 11.8. The van der Waals surface area contributed by atoms with Crippen molar-refractivity contribution in [2.24, 2.45) is 17.3 Å². The zero-order valence-electron chi connectivity index (χ0n) is 52.3. The van der Waals surface area contributed by atoms with Gasteiger partial charge in [-0.3, -0.25) is 29.0 Å². The monoisotopic (exact) mass is 1280 g/mol. The Morgan fingerprint density at radius 2 is 1.47 bits per heavy atom. The Kier molecular flexibility index (Phi) is 27.9. The average molecular weight is 1280 g/mol. The second kappa shape index (κ2) is 35.1. The number of carbonyl (C=O) groups excluding carboxylic acids is 4. The van der Waals surface area contributed by atoms with Crippen LogP contribution in [0.1, 0.15) is 89.1 Å². The lowest BCUT2D eigenvalue weighted by molar-refractivity contribution is -0.144. The number of rotatable bonds is 35. The predicted molar refractivity (Wildman–Crippen MR) is 339 cm³/mol. The number of aryl methyl sites for hydroxylation is 1. The topological polar surface area (TPSA) is 225 Å². The SMILES string of the molecule is Cc1ncsc1-c1ccc(CNC(=O)[C@@H]2C[C@@H](O)CN2C(=O)[C@@H](NC(=O)COCCOCCOCCOCCn2cc(COc3ccc(COC(CN4CCN(C(=O)CN(CC(C)C)CC(C)C)CC4)c4ccc(Cl)cc4Cl)cc3)nn2)C(C)(C)C)cc1. The molecule has 0 radical (unpaired) electrons. The largest absolute Gasteiger partial charge is 0.487 e. The van der Waals surface area contributed by atoms with E-state index in [0.717, 1.165) is 59.0 Å². The van der Waals surface area contributed by atoms with E-state index < -0.39 is 35.4 Å². The Hall–Kier alpha value is -5.63. The molecule has 7 rings (SSSR count). The zero-order chi connectivity index (χ0) is 63.2. The summed E-state index contributed by atoms with van der Waals surface area (Å²) < 4.78 is 36.8. The van der Waals surface area contributed by atoms with Crippen LogP contribution in [0.5, 0.6) is 5.75 Å². The average Bonchev–Trinajstić information content (AvgIpc) is 2.46. The molecule has 0 bridgehead atoms. The second-order valence-electron chi connectivity index (χ2n) is 24.4. The molecule has 5 aromatic rings. The third kappa shape index (κ3) is 22.7. The van der Waals surface area contributed by atoms with Gasteiger partial charge in [-0.05, 0) is 65.1 Å². The maximum Gasteiger partial charge on any atom is 0.246 e. The van der Waals surface area contributed by atoms with Crippen LogP contribution in [0.2, 0.25) is 10.0 Å². The standard InChI is InChI=1S/C64H90Cl2N10O11S/c1-44(2)34-73(35-45(3)4)39-59(79)74-21-19-72(20-22-74)38-57(54-18-15-50(65)31-55(54)66)87-40-48-11-16-53(17-12-48)86-41-51-36-75(71-70-51)23-24-82-25-26-83-27-28-84-29-30-85-42-58(78)69-61(64(6,7)8)63(81)76-37-52(77)32-56(76)62(80)67-33-47-9-13-49(14-10-47)60-46(5)68-43-88-60/h9-18,31,36,43-45,52,56-57,61,77H,19-30,32-35,37-42H2,1-8H3,(H,67,80)(H,69,78)/t52-,56+,57?,61-/m1/s1. The number of aliphatic hydroxyl groups excluding tert-OH is 1. The summed E-state index contributed by atoms with van der Waals surface area (Å²) in [4.78, 5) is 67.2. The van der Waals surface area contributed by atoms with Gasteiger partial charge in [0.05, 0.1) is 100 Å². The summed E-state index contributed by atoms with van der Waals surface area (Å²) in [6.45, 7) is 25.1. The molecule has 3 aromatic carbocycles. The van der Waals surface area contributed by atoms with Gasteiger partial charge < -0.3 is 54.0 Å². The van der Waals surface area contributed by atoms with Gasteiger partial charge in [0.1, 0.15) is 36.7 Å². The number of aromatic nitrogens is 4. The normalized spacial score (nSPS) is 16.4. The number of hydrogen-bond donors (Lipinski definition) is 3. The fraction of sp³-hybridized carbons (Fsp3) is 0.578. The van der Waals surface area contributed by atoms with Crippen molar-refractivity contribution in [2.45, 2.75) is 112 Å². The third-order valence-corrected chi connectivity index (χ3v) is 16.5. The highest BCUT2D eigenvalue weighted by Crippen LogP contribution is 2.32. The summed E-state index contributed by atoms with van der Waals surface area (Å²) in [5.41, 5.74) is 6.50. The number of aliphatic hydroxyl groups is 1. The number of β-amino-alcohol motifs (C(OH)–C–C–N with tert-alkyl or cyclic N) is 1. The van der Waals surface area contributed by atoms with Gasteiger partial charge in [0.15, 0.2) is 0 Å². The highest BCUT2D eigenvalue weighted by Gasteiger charge is 2.44. The molecule has 482 valence electrons. The molecule has 2 fully saturated rings.